The van der Waals surface area contributed by atoms with Crippen LogP contribution in [0.5, 0.6) is 0 Å². The van der Waals surface area contributed by atoms with Gasteiger partial charge >= 0.3 is 0 Å². The molecule has 0 spiro atoms. The van der Waals surface area contributed by atoms with E-state index in [0.29, 0.717) is 18.0 Å². The summed E-state index contributed by atoms with van der Waals surface area (Å²) in [6, 6.07) is 10.6. The molecule has 112 valence electrons. The SMILES string of the molecule is O=C(Nc1ccccc1)C1NNC2C3CCCCC3NC12. The summed E-state index contributed by atoms with van der Waals surface area (Å²) in [5, 5.41) is 6.68. The number of hydrogen-bond acceptors (Lipinski definition) is 4. The molecule has 5 atom stereocenters. The van der Waals surface area contributed by atoms with Crippen LogP contribution in [0.2, 0.25) is 0 Å². The van der Waals surface area contributed by atoms with Crippen molar-refractivity contribution in [2.45, 2.75) is 49.9 Å². The predicted molar refractivity (Wildman–Crippen MR) is 81.6 cm³/mol. The van der Waals surface area contributed by atoms with Gasteiger partial charge < -0.3 is 10.6 Å². The van der Waals surface area contributed by atoms with Gasteiger partial charge in [0.1, 0.15) is 6.04 Å². The second kappa shape index (κ2) is 5.40. The molecule has 4 rings (SSSR count). The van der Waals surface area contributed by atoms with Gasteiger partial charge in [0.15, 0.2) is 0 Å². The van der Waals surface area contributed by atoms with Crippen molar-refractivity contribution in [3.05, 3.63) is 30.3 Å². The average molecular weight is 286 g/mol. The third-order valence-electron chi connectivity index (χ3n) is 5.16. The molecule has 2 heterocycles. The molecule has 0 aromatic heterocycles. The number of hydrogen-bond donors (Lipinski definition) is 4. The van der Waals surface area contributed by atoms with Gasteiger partial charge in [-0.2, -0.15) is 0 Å². The lowest BCUT2D eigenvalue weighted by Gasteiger charge is -2.28. The monoisotopic (exact) mass is 286 g/mol. The Kier molecular flexibility index (Phi) is 3.41. The largest absolute Gasteiger partial charge is 0.325 e. The Bertz CT molecular complexity index is 520. The molecule has 1 saturated carbocycles. The molecule has 3 aliphatic rings. The molecule has 0 bridgehead atoms. The molecule has 0 radical (unpaired) electrons. The van der Waals surface area contributed by atoms with Gasteiger partial charge in [0.25, 0.3) is 0 Å². The van der Waals surface area contributed by atoms with Crippen LogP contribution in [-0.4, -0.2) is 30.1 Å². The third kappa shape index (κ3) is 2.35. The number of carbonyl (C=O) groups excluding carboxylic acids is 1. The van der Waals surface area contributed by atoms with E-state index >= 15 is 0 Å². The van der Waals surface area contributed by atoms with Crippen molar-refractivity contribution >= 4 is 11.6 Å². The first-order valence-electron chi connectivity index (χ1n) is 7.96. The van der Waals surface area contributed by atoms with E-state index in [2.05, 4.69) is 21.5 Å². The van der Waals surface area contributed by atoms with Crippen LogP contribution in [-0.2, 0) is 4.79 Å². The normalized spacial score (nSPS) is 37.8. The summed E-state index contributed by atoms with van der Waals surface area (Å²) in [6.07, 6.45) is 5.13. The van der Waals surface area contributed by atoms with Crippen LogP contribution in [0, 0.1) is 5.92 Å². The van der Waals surface area contributed by atoms with Gasteiger partial charge in [-0.1, -0.05) is 31.0 Å². The lowest BCUT2D eigenvalue weighted by molar-refractivity contribution is -0.118. The van der Waals surface area contributed by atoms with Crippen LogP contribution in [0.1, 0.15) is 25.7 Å². The first-order chi connectivity index (χ1) is 10.3. The smallest absolute Gasteiger partial charge is 0.244 e. The number of para-hydroxylation sites is 1. The first kappa shape index (κ1) is 13.2. The van der Waals surface area contributed by atoms with E-state index in [-0.39, 0.29) is 18.0 Å². The van der Waals surface area contributed by atoms with Gasteiger partial charge in [-0.25, -0.2) is 5.43 Å². The van der Waals surface area contributed by atoms with Crippen molar-refractivity contribution < 1.29 is 4.79 Å². The molecule has 3 fully saturated rings. The highest BCUT2D eigenvalue weighted by atomic mass is 16.2. The zero-order valence-corrected chi connectivity index (χ0v) is 12.0. The molecule has 21 heavy (non-hydrogen) atoms. The van der Waals surface area contributed by atoms with Crippen molar-refractivity contribution in [3.63, 3.8) is 0 Å². The van der Waals surface area contributed by atoms with Gasteiger partial charge in [0.2, 0.25) is 5.91 Å². The second-order valence-corrected chi connectivity index (χ2v) is 6.39. The van der Waals surface area contributed by atoms with Crippen LogP contribution in [0.25, 0.3) is 0 Å². The number of nitrogens with one attached hydrogen (secondary N) is 4. The topological polar surface area (TPSA) is 65.2 Å². The molecule has 5 unspecified atom stereocenters. The summed E-state index contributed by atoms with van der Waals surface area (Å²) >= 11 is 0. The number of hydrazine groups is 1. The Morgan fingerprint density at radius 3 is 2.71 bits per heavy atom. The van der Waals surface area contributed by atoms with E-state index < -0.39 is 0 Å². The van der Waals surface area contributed by atoms with Crippen LogP contribution < -0.4 is 21.5 Å². The van der Waals surface area contributed by atoms with E-state index in [1.165, 1.54) is 25.7 Å². The van der Waals surface area contributed by atoms with Crippen molar-refractivity contribution in [2.24, 2.45) is 5.92 Å². The van der Waals surface area contributed by atoms with Crippen molar-refractivity contribution in [1.82, 2.24) is 16.2 Å². The minimum absolute atomic E-state index is 0.0346. The van der Waals surface area contributed by atoms with Crippen LogP contribution in [0.4, 0.5) is 5.69 Å². The zero-order valence-electron chi connectivity index (χ0n) is 12.0. The molecule has 2 saturated heterocycles. The van der Waals surface area contributed by atoms with Gasteiger partial charge in [-0.15, -0.1) is 0 Å². The summed E-state index contributed by atoms with van der Waals surface area (Å²) in [7, 11) is 0. The first-order valence-corrected chi connectivity index (χ1v) is 7.96. The number of fused-ring (bicyclic) bond motifs is 3. The second-order valence-electron chi connectivity index (χ2n) is 6.39. The lowest BCUT2D eigenvalue weighted by Crippen LogP contribution is -2.50. The molecule has 1 aromatic rings. The van der Waals surface area contributed by atoms with Crippen molar-refractivity contribution in [2.75, 3.05) is 5.32 Å². The van der Waals surface area contributed by atoms with Gasteiger partial charge in [-0.3, -0.25) is 10.2 Å². The molecule has 1 aliphatic carbocycles. The van der Waals surface area contributed by atoms with Crippen LogP contribution >= 0.6 is 0 Å². The summed E-state index contributed by atoms with van der Waals surface area (Å²) in [5.41, 5.74) is 7.40. The standard InChI is InChI=1S/C16H22N4O/c21-16(17-10-6-2-1-3-7-10)15-14-13(19-20-15)11-8-4-5-9-12(11)18-14/h1-3,6-7,11-15,18-20H,4-5,8-9H2,(H,17,21). The highest BCUT2D eigenvalue weighted by molar-refractivity contribution is 5.95. The highest BCUT2D eigenvalue weighted by Gasteiger charge is 2.51. The minimum atomic E-state index is -0.208. The predicted octanol–water partition coefficient (Wildman–Crippen LogP) is 1.00. The number of benzene rings is 1. The molecular formula is C16H22N4O. The van der Waals surface area contributed by atoms with Crippen LogP contribution in [0.15, 0.2) is 30.3 Å². The van der Waals surface area contributed by atoms with E-state index in [9.17, 15) is 4.79 Å². The number of rotatable bonds is 2. The zero-order chi connectivity index (χ0) is 14.2. The fourth-order valence-electron chi connectivity index (χ4n) is 4.16. The van der Waals surface area contributed by atoms with Crippen LogP contribution in [0.3, 0.4) is 0 Å². The quantitative estimate of drug-likeness (QED) is 0.655. The fourth-order valence-corrected chi connectivity index (χ4v) is 4.16. The average Bonchev–Trinajstić information content (AvgIpc) is 3.07. The fraction of sp³-hybridized carbons (Fsp3) is 0.562. The van der Waals surface area contributed by atoms with E-state index in [0.717, 1.165) is 5.69 Å². The number of carbonyl (C=O) groups is 1. The molecular weight excluding hydrogens is 264 g/mol. The molecule has 5 nitrogen and oxygen atoms in total. The Balaban J connectivity index is 1.46. The molecule has 4 N–H and O–H groups in total. The summed E-state index contributed by atoms with van der Waals surface area (Å²) < 4.78 is 0. The maximum Gasteiger partial charge on any atom is 0.244 e. The van der Waals surface area contributed by atoms with E-state index in [4.69, 9.17) is 0 Å². The highest BCUT2D eigenvalue weighted by Crippen LogP contribution is 2.36. The maximum absolute atomic E-state index is 12.5. The van der Waals surface area contributed by atoms with Crippen molar-refractivity contribution in [1.29, 1.82) is 0 Å². The maximum atomic E-state index is 12.5. The molecule has 2 aliphatic heterocycles. The van der Waals surface area contributed by atoms with E-state index in [1.807, 2.05) is 30.3 Å². The molecule has 1 aromatic carbocycles. The Morgan fingerprint density at radius 1 is 1.05 bits per heavy atom. The van der Waals surface area contributed by atoms with E-state index in [1.54, 1.807) is 0 Å². The van der Waals surface area contributed by atoms with Gasteiger partial charge in [0, 0.05) is 23.8 Å². The third-order valence-corrected chi connectivity index (χ3v) is 5.16. The minimum Gasteiger partial charge on any atom is -0.325 e. The van der Waals surface area contributed by atoms with Gasteiger partial charge in [-0.05, 0) is 30.9 Å². The Labute approximate surface area is 124 Å². The lowest BCUT2D eigenvalue weighted by atomic mass is 9.82. The summed E-state index contributed by atoms with van der Waals surface area (Å²) in [5.74, 6) is 0.693. The van der Waals surface area contributed by atoms with Crippen molar-refractivity contribution in [3.8, 4) is 0 Å². The summed E-state index contributed by atoms with van der Waals surface area (Å²) in [6.45, 7) is 0. The Morgan fingerprint density at radius 2 is 1.86 bits per heavy atom. The Hall–Kier alpha value is -1.43. The molecule has 5 heteroatoms. The number of anilines is 1. The van der Waals surface area contributed by atoms with Gasteiger partial charge in [0.05, 0.1) is 0 Å². The number of amides is 1. The summed E-state index contributed by atoms with van der Waals surface area (Å²) in [4.78, 5) is 12.5. The molecule has 1 amide bonds.